The molecule has 2 rings (SSSR count). The minimum absolute atomic E-state index is 0.143. The standard InChI is InChI=1S/C15H18FN3O4S/c1-11(12-5-2-3-6-13(12)16)18-24(22,23)10-4-8-19-9-7-14(20)17-15(19)21/h2-3,5-7,9,11,18H,4,8,10H2,1H3,(H,17,20,21)/t11-/m1/s1. The van der Waals surface area contributed by atoms with E-state index in [1.54, 1.807) is 13.0 Å². The Hall–Kier alpha value is -2.26. The number of hydrogen-bond donors (Lipinski definition) is 2. The summed E-state index contributed by atoms with van der Waals surface area (Å²) in [6.45, 7) is 1.70. The molecule has 7 nitrogen and oxygen atoms in total. The first-order chi connectivity index (χ1) is 11.3. The van der Waals surface area contributed by atoms with E-state index in [9.17, 15) is 22.4 Å². The summed E-state index contributed by atoms with van der Waals surface area (Å²) in [7, 11) is -3.64. The van der Waals surface area contributed by atoms with E-state index in [2.05, 4.69) is 9.71 Å². The van der Waals surface area contributed by atoms with E-state index in [0.717, 1.165) is 0 Å². The lowest BCUT2D eigenvalue weighted by Crippen LogP contribution is -2.32. The molecule has 0 fully saturated rings. The normalized spacial score (nSPS) is 12.9. The van der Waals surface area contributed by atoms with Gasteiger partial charge in [0.25, 0.3) is 5.56 Å². The molecule has 0 saturated heterocycles. The minimum Gasteiger partial charge on any atom is -0.301 e. The van der Waals surface area contributed by atoms with Crippen molar-refractivity contribution in [3.05, 3.63) is 68.7 Å². The second-order valence-electron chi connectivity index (χ2n) is 5.34. The number of nitrogens with one attached hydrogen (secondary N) is 2. The third-order valence-electron chi connectivity index (χ3n) is 3.44. The summed E-state index contributed by atoms with van der Waals surface area (Å²) in [5.74, 6) is -0.704. The average Bonchev–Trinajstić information content (AvgIpc) is 2.49. The first-order valence-electron chi connectivity index (χ1n) is 7.33. The number of halogens is 1. The van der Waals surface area contributed by atoms with Crippen LogP contribution >= 0.6 is 0 Å². The molecular formula is C15H18FN3O4S. The van der Waals surface area contributed by atoms with Crippen molar-refractivity contribution < 1.29 is 12.8 Å². The lowest BCUT2D eigenvalue weighted by Gasteiger charge is -2.15. The van der Waals surface area contributed by atoms with Crippen molar-refractivity contribution in [1.29, 1.82) is 0 Å². The van der Waals surface area contributed by atoms with Crippen LogP contribution in [0.4, 0.5) is 4.39 Å². The van der Waals surface area contributed by atoms with Crippen molar-refractivity contribution >= 4 is 10.0 Å². The maximum atomic E-state index is 13.7. The Labute approximate surface area is 138 Å². The van der Waals surface area contributed by atoms with Crippen molar-refractivity contribution in [2.75, 3.05) is 5.75 Å². The first-order valence-corrected chi connectivity index (χ1v) is 8.98. The third-order valence-corrected chi connectivity index (χ3v) is 4.98. The molecule has 24 heavy (non-hydrogen) atoms. The number of hydrogen-bond acceptors (Lipinski definition) is 4. The van der Waals surface area contributed by atoms with Crippen LogP contribution in [-0.4, -0.2) is 23.7 Å². The fourth-order valence-corrected chi connectivity index (χ4v) is 3.56. The Bertz CT molecular complexity index is 921. The maximum Gasteiger partial charge on any atom is 0.328 e. The van der Waals surface area contributed by atoms with Gasteiger partial charge in [-0.05, 0) is 19.4 Å². The smallest absolute Gasteiger partial charge is 0.301 e. The van der Waals surface area contributed by atoms with Gasteiger partial charge in [-0.25, -0.2) is 22.3 Å². The number of aromatic amines is 1. The molecule has 1 aromatic heterocycles. The van der Waals surface area contributed by atoms with E-state index in [1.807, 2.05) is 0 Å². The van der Waals surface area contributed by atoms with Gasteiger partial charge >= 0.3 is 5.69 Å². The van der Waals surface area contributed by atoms with Crippen LogP contribution in [0.3, 0.4) is 0 Å². The average molecular weight is 355 g/mol. The van der Waals surface area contributed by atoms with Crippen LogP contribution in [0.2, 0.25) is 0 Å². The molecule has 0 aliphatic carbocycles. The monoisotopic (exact) mass is 355 g/mol. The highest BCUT2D eigenvalue weighted by Gasteiger charge is 2.17. The van der Waals surface area contributed by atoms with Crippen LogP contribution in [0.1, 0.15) is 24.9 Å². The number of rotatable bonds is 7. The van der Waals surface area contributed by atoms with E-state index in [4.69, 9.17) is 0 Å². The van der Waals surface area contributed by atoms with Crippen molar-refractivity contribution in [2.45, 2.75) is 25.9 Å². The Morgan fingerprint density at radius 2 is 1.96 bits per heavy atom. The van der Waals surface area contributed by atoms with Gasteiger partial charge in [-0.15, -0.1) is 0 Å². The summed E-state index contributed by atoms with van der Waals surface area (Å²) in [6, 6.07) is 6.43. The summed E-state index contributed by atoms with van der Waals surface area (Å²) < 4.78 is 41.4. The number of aryl methyl sites for hydroxylation is 1. The molecule has 1 heterocycles. The van der Waals surface area contributed by atoms with E-state index < -0.39 is 33.1 Å². The number of sulfonamides is 1. The molecule has 9 heteroatoms. The molecule has 0 aliphatic rings. The molecule has 0 unspecified atom stereocenters. The first kappa shape index (κ1) is 18.1. The van der Waals surface area contributed by atoms with Gasteiger partial charge < -0.3 is 4.57 Å². The Kier molecular flexibility index (Phi) is 5.68. The topological polar surface area (TPSA) is 101 Å². The quantitative estimate of drug-likeness (QED) is 0.765. The van der Waals surface area contributed by atoms with Gasteiger partial charge in [-0.2, -0.15) is 0 Å². The second kappa shape index (κ2) is 7.54. The van der Waals surface area contributed by atoms with Gasteiger partial charge in [0.15, 0.2) is 0 Å². The lowest BCUT2D eigenvalue weighted by atomic mass is 10.1. The number of benzene rings is 1. The molecule has 0 saturated carbocycles. The molecule has 130 valence electrons. The molecule has 0 radical (unpaired) electrons. The second-order valence-corrected chi connectivity index (χ2v) is 7.21. The van der Waals surface area contributed by atoms with E-state index in [-0.39, 0.29) is 24.3 Å². The Morgan fingerprint density at radius 3 is 2.62 bits per heavy atom. The predicted molar refractivity (Wildman–Crippen MR) is 87.7 cm³/mol. The van der Waals surface area contributed by atoms with Crippen LogP contribution in [0, 0.1) is 5.82 Å². The van der Waals surface area contributed by atoms with Crippen LogP contribution in [0.15, 0.2) is 46.1 Å². The highest BCUT2D eigenvalue weighted by atomic mass is 32.2. The van der Waals surface area contributed by atoms with E-state index in [0.29, 0.717) is 0 Å². The lowest BCUT2D eigenvalue weighted by molar-refractivity contribution is 0.543. The summed E-state index contributed by atoms with van der Waals surface area (Å²) in [4.78, 5) is 24.5. The fourth-order valence-electron chi connectivity index (χ4n) is 2.26. The Balaban J connectivity index is 1.95. The van der Waals surface area contributed by atoms with Crippen LogP contribution in [-0.2, 0) is 16.6 Å². The molecule has 2 aromatic rings. The van der Waals surface area contributed by atoms with Crippen molar-refractivity contribution in [1.82, 2.24) is 14.3 Å². The van der Waals surface area contributed by atoms with E-state index in [1.165, 1.54) is 35.0 Å². The summed E-state index contributed by atoms with van der Waals surface area (Å²) in [5.41, 5.74) is -0.838. The predicted octanol–water partition coefficient (Wildman–Crippen LogP) is 0.746. The SMILES string of the molecule is C[C@@H](NS(=O)(=O)CCCn1ccc(=O)[nH]c1=O)c1ccccc1F. The van der Waals surface area contributed by atoms with Gasteiger partial charge in [0, 0.05) is 30.4 Å². The molecule has 0 aliphatic heterocycles. The van der Waals surface area contributed by atoms with Crippen LogP contribution in [0.5, 0.6) is 0 Å². The molecular weight excluding hydrogens is 337 g/mol. The maximum absolute atomic E-state index is 13.7. The summed E-state index contributed by atoms with van der Waals surface area (Å²) in [6.07, 6.45) is 1.48. The van der Waals surface area contributed by atoms with Gasteiger partial charge in [0.05, 0.1) is 5.75 Å². The van der Waals surface area contributed by atoms with Crippen molar-refractivity contribution in [3.8, 4) is 0 Å². The van der Waals surface area contributed by atoms with Gasteiger partial charge in [0.1, 0.15) is 5.82 Å². The largest absolute Gasteiger partial charge is 0.328 e. The third kappa shape index (κ3) is 4.87. The molecule has 1 aromatic carbocycles. The van der Waals surface area contributed by atoms with E-state index >= 15 is 0 Å². The summed E-state index contributed by atoms with van der Waals surface area (Å²) in [5, 5.41) is 0. The van der Waals surface area contributed by atoms with Gasteiger partial charge in [0.2, 0.25) is 10.0 Å². The highest BCUT2D eigenvalue weighted by Crippen LogP contribution is 2.17. The minimum atomic E-state index is -3.64. The Morgan fingerprint density at radius 1 is 1.25 bits per heavy atom. The molecule has 0 spiro atoms. The number of H-pyrrole nitrogens is 1. The fraction of sp³-hybridized carbons (Fsp3) is 0.333. The molecule has 0 bridgehead atoms. The zero-order valence-corrected chi connectivity index (χ0v) is 13.8. The van der Waals surface area contributed by atoms with Crippen LogP contribution < -0.4 is 16.0 Å². The zero-order valence-electron chi connectivity index (χ0n) is 13.0. The van der Waals surface area contributed by atoms with Gasteiger partial charge in [-0.1, -0.05) is 18.2 Å². The van der Waals surface area contributed by atoms with Crippen molar-refractivity contribution in [3.63, 3.8) is 0 Å². The van der Waals surface area contributed by atoms with Crippen LogP contribution in [0.25, 0.3) is 0 Å². The van der Waals surface area contributed by atoms with Crippen molar-refractivity contribution in [2.24, 2.45) is 0 Å². The zero-order chi connectivity index (χ0) is 17.7. The number of aromatic nitrogens is 2. The molecule has 2 N–H and O–H groups in total. The van der Waals surface area contributed by atoms with Gasteiger partial charge in [-0.3, -0.25) is 9.78 Å². The number of nitrogens with zero attached hydrogens (tertiary/aromatic N) is 1. The highest BCUT2D eigenvalue weighted by molar-refractivity contribution is 7.89. The molecule has 0 amide bonds. The summed E-state index contributed by atoms with van der Waals surface area (Å²) >= 11 is 0. The molecule has 1 atom stereocenters.